The third-order valence-corrected chi connectivity index (χ3v) is 5.16. The normalized spacial score (nSPS) is 22.6. The molecule has 20 heavy (non-hydrogen) atoms. The van der Waals surface area contributed by atoms with Gasteiger partial charge in [-0.3, -0.25) is 0 Å². The third-order valence-electron chi connectivity index (χ3n) is 3.34. The molecule has 1 aliphatic heterocycles. The second-order valence-electron chi connectivity index (χ2n) is 5.03. The molecule has 0 aromatic heterocycles. The van der Waals surface area contributed by atoms with Gasteiger partial charge in [0.25, 0.3) is 0 Å². The van der Waals surface area contributed by atoms with Crippen molar-refractivity contribution in [3.63, 3.8) is 0 Å². The highest BCUT2D eigenvalue weighted by atomic mass is 32.2. The summed E-state index contributed by atoms with van der Waals surface area (Å²) >= 11 is 0. The van der Waals surface area contributed by atoms with E-state index in [9.17, 15) is 21.6 Å². The van der Waals surface area contributed by atoms with E-state index in [2.05, 4.69) is 5.32 Å². The summed E-state index contributed by atoms with van der Waals surface area (Å²) in [5, 5.41) is 3.09. The Hall–Kier alpha value is -1.08. The average Bonchev–Trinajstić information content (AvgIpc) is 2.35. The lowest BCUT2D eigenvalue weighted by Gasteiger charge is -2.23. The molecule has 0 bridgehead atoms. The first-order valence-electron chi connectivity index (χ1n) is 6.36. The molecule has 1 unspecified atom stereocenters. The van der Waals surface area contributed by atoms with E-state index in [1.54, 1.807) is 0 Å². The van der Waals surface area contributed by atoms with Crippen molar-refractivity contribution in [2.45, 2.75) is 31.6 Å². The van der Waals surface area contributed by atoms with E-state index in [1.807, 2.05) is 0 Å². The van der Waals surface area contributed by atoms with Gasteiger partial charge in [-0.25, -0.2) is 8.42 Å². The Morgan fingerprint density at radius 2 is 1.85 bits per heavy atom. The summed E-state index contributed by atoms with van der Waals surface area (Å²) in [5.74, 6) is 0.332. The summed E-state index contributed by atoms with van der Waals surface area (Å²) in [7, 11) is -2.97. The number of nitrogens with one attached hydrogen (secondary N) is 1. The maximum atomic E-state index is 12.4. The largest absolute Gasteiger partial charge is 0.416 e. The Labute approximate surface area is 116 Å². The Balaban J connectivity index is 1.91. The van der Waals surface area contributed by atoms with Gasteiger partial charge in [-0.1, -0.05) is 12.1 Å². The van der Waals surface area contributed by atoms with Gasteiger partial charge in [0.15, 0.2) is 9.84 Å². The molecule has 112 valence electrons. The third kappa shape index (κ3) is 4.21. The van der Waals surface area contributed by atoms with Gasteiger partial charge in [0, 0.05) is 12.6 Å². The van der Waals surface area contributed by atoms with Crippen molar-refractivity contribution in [2.24, 2.45) is 0 Å². The van der Waals surface area contributed by atoms with Crippen LogP contribution in [0.1, 0.15) is 24.0 Å². The van der Waals surface area contributed by atoms with Gasteiger partial charge >= 0.3 is 6.18 Å². The van der Waals surface area contributed by atoms with Crippen LogP contribution in [0, 0.1) is 0 Å². The van der Waals surface area contributed by atoms with Gasteiger partial charge in [0.1, 0.15) is 0 Å². The Morgan fingerprint density at radius 3 is 2.40 bits per heavy atom. The zero-order valence-electron chi connectivity index (χ0n) is 10.8. The summed E-state index contributed by atoms with van der Waals surface area (Å²) in [4.78, 5) is 0. The number of sulfone groups is 1. The fourth-order valence-electron chi connectivity index (χ4n) is 2.26. The van der Waals surface area contributed by atoms with Crippen molar-refractivity contribution in [2.75, 3.05) is 11.5 Å². The number of hydrogen-bond donors (Lipinski definition) is 1. The Morgan fingerprint density at radius 1 is 1.20 bits per heavy atom. The summed E-state index contributed by atoms with van der Waals surface area (Å²) < 4.78 is 60.1. The molecule has 2 rings (SSSR count). The van der Waals surface area contributed by atoms with Crippen LogP contribution in [0.15, 0.2) is 24.3 Å². The molecule has 1 heterocycles. The molecule has 0 saturated carbocycles. The molecule has 0 radical (unpaired) electrons. The van der Waals surface area contributed by atoms with Crippen LogP contribution in [-0.4, -0.2) is 26.0 Å². The molecule has 3 nitrogen and oxygen atoms in total. The molecule has 1 fully saturated rings. The number of benzene rings is 1. The highest BCUT2D eigenvalue weighted by Gasteiger charge is 2.30. The van der Waals surface area contributed by atoms with Crippen LogP contribution in [0.2, 0.25) is 0 Å². The zero-order valence-corrected chi connectivity index (χ0v) is 11.6. The van der Waals surface area contributed by atoms with E-state index in [0.29, 0.717) is 18.5 Å². The van der Waals surface area contributed by atoms with Crippen LogP contribution in [0.25, 0.3) is 0 Å². The van der Waals surface area contributed by atoms with Crippen LogP contribution in [-0.2, 0) is 22.6 Å². The minimum absolute atomic E-state index is 0.105. The fraction of sp³-hybridized carbons (Fsp3) is 0.538. The molecule has 0 aliphatic carbocycles. The first-order valence-corrected chi connectivity index (χ1v) is 8.18. The Kier molecular flexibility index (Phi) is 4.39. The topological polar surface area (TPSA) is 46.2 Å². The van der Waals surface area contributed by atoms with Crippen molar-refractivity contribution in [1.82, 2.24) is 5.32 Å². The molecule has 1 aromatic carbocycles. The summed E-state index contributed by atoms with van der Waals surface area (Å²) in [6.45, 7) is 0.373. The zero-order chi connectivity index (χ0) is 14.8. The minimum atomic E-state index is -4.33. The molecule has 1 aromatic rings. The highest BCUT2D eigenvalue weighted by Crippen LogP contribution is 2.29. The second-order valence-corrected chi connectivity index (χ2v) is 7.26. The predicted molar refractivity (Wildman–Crippen MR) is 70.0 cm³/mol. The lowest BCUT2D eigenvalue weighted by atomic mass is 10.1. The lowest BCUT2D eigenvalue weighted by molar-refractivity contribution is -0.137. The molecule has 1 aliphatic rings. The molecule has 1 saturated heterocycles. The van der Waals surface area contributed by atoms with E-state index in [1.165, 1.54) is 12.1 Å². The monoisotopic (exact) mass is 307 g/mol. The van der Waals surface area contributed by atoms with Crippen molar-refractivity contribution in [3.05, 3.63) is 35.4 Å². The maximum absolute atomic E-state index is 12.4. The SMILES string of the molecule is O=S1(=O)CCCC(NCc2ccc(C(F)(F)F)cc2)C1. The first kappa shape index (κ1) is 15.3. The maximum Gasteiger partial charge on any atom is 0.416 e. The molecule has 0 amide bonds. The van der Waals surface area contributed by atoms with Gasteiger partial charge < -0.3 is 5.32 Å². The van der Waals surface area contributed by atoms with Gasteiger partial charge in [-0.05, 0) is 30.5 Å². The smallest absolute Gasteiger partial charge is 0.309 e. The summed E-state index contributed by atoms with van der Waals surface area (Å²) in [6.07, 6.45) is -2.92. The summed E-state index contributed by atoms with van der Waals surface area (Å²) in [6, 6.07) is 4.78. The van der Waals surface area contributed by atoms with Gasteiger partial charge in [-0.2, -0.15) is 13.2 Å². The number of halogens is 3. The first-order chi connectivity index (χ1) is 9.26. The van der Waals surface area contributed by atoms with Gasteiger partial charge in [0.2, 0.25) is 0 Å². The molecular weight excluding hydrogens is 291 g/mol. The van der Waals surface area contributed by atoms with Crippen molar-refractivity contribution in [3.8, 4) is 0 Å². The number of hydrogen-bond acceptors (Lipinski definition) is 3. The van der Waals surface area contributed by atoms with E-state index >= 15 is 0 Å². The second kappa shape index (κ2) is 5.73. The number of rotatable bonds is 3. The van der Waals surface area contributed by atoms with Crippen molar-refractivity contribution < 1.29 is 21.6 Å². The van der Waals surface area contributed by atoms with E-state index < -0.39 is 21.6 Å². The molecular formula is C13H16F3NO2S. The van der Waals surface area contributed by atoms with Gasteiger partial charge in [0.05, 0.1) is 17.1 Å². The van der Waals surface area contributed by atoms with Crippen LogP contribution < -0.4 is 5.32 Å². The minimum Gasteiger partial charge on any atom is -0.309 e. The molecule has 7 heteroatoms. The van der Waals surface area contributed by atoms with Crippen molar-refractivity contribution >= 4 is 9.84 Å². The lowest BCUT2D eigenvalue weighted by Crippen LogP contribution is -2.39. The molecule has 1 atom stereocenters. The quantitative estimate of drug-likeness (QED) is 0.932. The fourth-order valence-corrected chi connectivity index (χ4v) is 3.93. The van der Waals surface area contributed by atoms with E-state index in [4.69, 9.17) is 0 Å². The van der Waals surface area contributed by atoms with Crippen LogP contribution in [0.4, 0.5) is 13.2 Å². The van der Waals surface area contributed by atoms with Gasteiger partial charge in [-0.15, -0.1) is 0 Å². The number of alkyl halides is 3. The van der Waals surface area contributed by atoms with E-state index in [0.717, 1.165) is 18.6 Å². The summed E-state index contributed by atoms with van der Waals surface area (Å²) in [5.41, 5.74) is 0.0301. The molecule has 1 N–H and O–H groups in total. The molecule has 0 spiro atoms. The van der Waals surface area contributed by atoms with E-state index in [-0.39, 0.29) is 17.5 Å². The van der Waals surface area contributed by atoms with Crippen LogP contribution in [0.3, 0.4) is 0 Å². The highest BCUT2D eigenvalue weighted by molar-refractivity contribution is 7.91. The van der Waals surface area contributed by atoms with Crippen LogP contribution in [0.5, 0.6) is 0 Å². The van der Waals surface area contributed by atoms with Crippen LogP contribution >= 0.6 is 0 Å². The van der Waals surface area contributed by atoms with Crippen molar-refractivity contribution in [1.29, 1.82) is 0 Å². The Bertz CT molecular complexity index is 552. The predicted octanol–water partition coefficient (Wildman–Crippen LogP) is 2.37. The average molecular weight is 307 g/mol. The standard InChI is InChI=1S/C13H16F3NO2S/c14-13(15,16)11-5-3-10(4-6-11)8-17-12-2-1-7-20(18,19)9-12/h3-6,12,17H,1-2,7-9H2.